The summed E-state index contributed by atoms with van der Waals surface area (Å²) < 4.78 is 0. The summed E-state index contributed by atoms with van der Waals surface area (Å²) in [5, 5.41) is 25.6. The van der Waals surface area contributed by atoms with Crippen LogP contribution in [-0.2, 0) is 24.0 Å². The van der Waals surface area contributed by atoms with Gasteiger partial charge in [-0.05, 0) is 44.1 Å². The number of hydrogen-bond acceptors (Lipinski definition) is 7. The van der Waals surface area contributed by atoms with E-state index in [0.29, 0.717) is 5.75 Å². The van der Waals surface area contributed by atoms with Gasteiger partial charge in [0.25, 0.3) is 0 Å². The normalized spacial score (nSPS) is 14.8. The second kappa shape index (κ2) is 14.6. The van der Waals surface area contributed by atoms with Crippen molar-refractivity contribution < 1.29 is 34.2 Å². The first kappa shape index (κ1) is 28.7. The lowest BCUT2D eigenvalue weighted by atomic mass is 10.0. The van der Waals surface area contributed by atoms with Crippen LogP contribution in [0, 0.1) is 5.92 Å². The van der Waals surface area contributed by atoms with Gasteiger partial charge in [0.05, 0.1) is 6.04 Å². The van der Waals surface area contributed by atoms with E-state index in [1.165, 1.54) is 18.7 Å². The van der Waals surface area contributed by atoms with E-state index in [1.54, 1.807) is 0 Å². The second-order valence-electron chi connectivity index (χ2n) is 7.65. The van der Waals surface area contributed by atoms with Crippen LogP contribution >= 0.6 is 11.8 Å². The van der Waals surface area contributed by atoms with E-state index in [4.69, 9.17) is 10.8 Å². The first-order valence-electron chi connectivity index (χ1n) is 9.99. The highest BCUT2D eigenvalue weighted by Crippen LogP contribution is 2.09. The number of carbonyl (C=O) groups excluding carboxylic acids is 3. The number of aliphatic carboxylic acids is 2. The van der Waals surface area contributed by atoms with Gasteiger partial charge in [0, 0.05) is 6.42 Å². The standard InChI is InChI=1S/C19H34N4O7S/c1-10(2)9-14(18(28)22-13(19(29)30)7-8-31-4)23-17(27)12(5-6-15(24)25)21-16(26)11(3)20/h10-14H,5-9,20H2,1-4H3,(H,21,26)(H,22,28)(H,23,27)(H,24,25)(H,29,30). The number of amides is 3. The zero-order valence-electron chi connectivity index (χ0n) is 18.3. The van der Waals surface area contributed by atoms with Crippen LogP contribution in [0.25, 0.3) is 0 Å². The minimum Gasteiger partial charge on any atom is -0.481 e. The molecule has 0 rings (SSSR count). The molecule has 11 nitrogen and oxygen atoms in total. The summed E-state index contributed by atoms with van der Waals surface area (Å²) in [5.41, 5.74) is 5.50. The average molecular weight is 463 g/mol. The van der Waals surface area contributed by atoms with Gasteiger partial charge in [-0.2, -0.15) is 11.8 Å². The van der Waals surface area contributed by atoms with Crippen molar-refractivity contribution in [3.8, 4) is 0 Å². The number of carboxylic acid groups (broad SMARTS) is 2. The Morgan fingerprint density at radius 1 is 0.839 bits per heavy atom. The van der Waals surface area contributed by atoms with Crippen molar-refractivity contribution in [3.05, 3.63) is 0 Å². The number of carboxylic acids is 2. The fraction of sp³-hybridized carbons (Fsp3) is 0.737. The summed E-state index contributed by atoms with van der Waals surface area (Å²) in [6, 6.07) is -4.28. The third-order valence-electron chi connectivity index (χ3n) is 4.26. The van der Waals surface area contributed by atoms with Gasteiger partial charge in [0.2, 0.25) is 17.7 Å². The lowest BCUT2D eigenvalue weighted by molar-refractivity contribution is -0.142. The second-order valence-corrected chi connectivity index (χ2v) is 8.64. The molecule has 12 heteroatoms. The molecule has 0 aromatic heterocycles. The van der Waals surface area contributed by atoms with E-state index < -0.39 is 53.8 Å². The van der Waals surface area contributed by atoms with Crippen molar-refractivity contribution in [2.24, 2.45) is 11.7 Å². The topological polar surface area (TPSA) is 188 Å². The molecule has 0 aliphatic rings. The molecule has 0 spiro atoms. The smallest absolute Gasteiger partial charge is 0.326 e. The quantitative estimate of drug-likeness (QED) is 0.187. The fourth-order valence-corrected chi connectivity index (χ4v) is 3.05. The van der Waals surface area contributed by atoms with Crippen LogP contribution in [0.5, 0.6) is 0 Å². The summed E-state index contributed by atoms with van der Waals surface area (Å²) in [4.78, 5) is 59.7. The number of thioether (sulfide) groups is 1. The molecule has 0 radical (unpaired) electrons. The molecule has 31 heavy (non-hydrogen) atoms. The predicted molar refractivity (Wildman–Crippen MR) is 116 cm³/mol. The monoisotopic (exact) mass is 462 g/mol. The van der Waals surface area contributed by atoms with E-state index in [-0.39, 0.29) is 31.6 Å². The van der Waals surface area contributed by atoms with Crippen molar-refractivity contribution in [2.45, 2.75) is 70.6 Å². The number of rotatable bonds is 15. The Labute approximate surface area is 186 Å². The van der Waals surface area contributed by atoms with Crippen LogP contribution < -0.4 is 21.7 Å². The highest BCUT2D eigenvalue weighted by molar-refractivity contribution is 7.98. The molecule has 0 aromatic rings. The molecule has 3 amide bonds. The van der Waals surface area contributed by atoms with Crippen LogP contribution in [0.2, 0.25) is 0 Å². The number of carbonyl (C=O) groups is 5. The summed E-state index contributed by atoms with van der Waals surface area (Å²) in [6.07, 6.45) is 1.68. The highest BCUT2D eigenvalue weighted by Gasteiger charge is 2.30. The molecule has 178 valence electrons. The van der Waals surface area contributed by atoms with Gasteiger partial charge in [0.1, 0.15) is 18.1 Å². The average Bonchev–Trinajstić information content (AvgIpc) is 2.66. The molecule has 0 aliphatic carbocycles. The van der Waals surface area contributed by atoms with Crippen LogP contribution in [0.4, 0.5) is 0 Å². The van der Waals surface area contributed by atoms with E-state index in [9.17, 15) is 29.1 Å². The minimum atomic E-state index is -1.20. The fourth-order valence-electron chi connectivity index (χ4n) is 2.58. The Hall–Kier alpha value is -2.34. The van der Waals surface area contributed by atoms with Crippen molar-refractivity contribution in [2.75, 3.05) is 12.0 Å². The van der Waals surface area contributed by atoms with Crippen LogP contribution in [0.3, 0.4) is 0 Å². The molecule has 0 aromatic carbocycles. The SMILES string of the molecule is CSCCC(NC(=O)C(CC(C)C)NC(=O)C(CCC(=O)O)NC(=O)C(C)N)C(=O)O. The van der Waals surface area contributed by atoms with Crippen LogP contribution in [0.15, 0.2) is 0 Å². The maximum absolute atomic E-state index is 12.7. The first-order valence-corrected chi connectivity index (χ1v) is 11.4. The molecular formula is C19H34N4O7S. The molecule has 0 saturated heterocycles. The van der Waals surface area contributed by atoms with E-state index in [1.807, 2.05) is 20.1 Å². The van der Waals surface area contributed by atoms with Gasteiger partial charge in [-0.3, -0.25) is 19.2 Å². The number of nitrogens with one attached hydrogen (secondary N) is 3. The Balaban J connectivity index is 5.42. The predicted octanol–water partition coefficient (Wildman–Crippen LogP) is -0.463. The van der Waals surface area contributed by atoms with Gasteiger partial charge < -0.3 is 31.9 Å². The Bertz CT molecular complexity index is 643. The van der Waals surface area contributed by atoms with E-state index >= 15 is 0 Å². The maximum Gasteiger partial charge on any atom is 0.326 e. The lowest BCUT2D eigenvalue weighted by Gasteiger charge is -2.25. The number of hydrogen-bond donors (Lipinski definition) is 6. The maximum atomic E-state index is 12.7. The minimum absolute atomic E-state index is 0.0124. The van der Waals surface area contributed by atoms with Gasteiger partial charge in [-0.25, -0.2) is 4.79 Å². The zero-order chi connectivity index (χ0) is 24.1. The largest absolute Gasteiger partial charge is 0.481 e. The molecule has 0 bridgehead atoms. The lowest BCUT2D eigenvalue weighted by Crippen LogP contribution is -2.57. The Kier molecular flexibility index (Phi) is 13.5. The van der Waals surface area contributed by atoms with Crippen molar-refractivity contribution in [3.63, 3.8) is 0 Å². The first-order chi connectivity index (χ1) is 14.4. The molecule has 0 saturated carbocycles. The van der Waals surface area contributed by atoms with Crippen molar-refractivity contribution in [1.29, 1.82) is 0 Å². The Morgan fingerprint density at radius 2 is 1.35 bits per heavy atom. The zero-order valence-corrected chi connectivity index (χ0v) is 19.2. The van der Waals surface area contributed by atoms with Crippen molar-refractivity contribution >= 4 is 41.4 Å². The van der Waals surface area contributed by atoms with Gasteiger partial charge in [-0.15, -0.1) is 0 Å². The molecule has 0 heterocycles. The van der Waals surface area contributed by atoms with E-state index in [2.05, 4.69) is 16.0 Å². The summed E-state index contributed by atoms with van der Waals surface area (Å²) in [6.45, 7) is 5.07. The molecule has 0 aliphatic heterocycles. The van der Waals surface area contributed by atoms with Gasteiger partial charge >= 0.3 is 11.9 Å². The van der Waals surface area contributed by atoms with Crippen LogP contribution in [-0.4, -0.2) is 76.0 Å². The molecular weight excluding hydrogens is 428 g/mol. The summed E-state index contributed by atoms with van der Waals surface area (Å²) in [5.74, 6) is -3.86. The van der Waals surface area contributed by atoms with Gasteiger partial charge in [0.15, 0.2) is 0 Å². The third-order valence-corrected chi connectivity index (χ3v) is 4.90. The highest BCUT2D eigenvalue weighted by atomic mass is 32.2. The number of nitrogens with two attached hydrogens (primary N) is 1. The molecule has 7 N–H and O–H groups in total. The van der Waals surface area contributed by atoms with E-state index in [0.717, 1.165) is 0 Å². The van der Waals surface area contributed by atoms with Gasteiger partial charge in [-0.1, -0.05) is 13.8 Å². The van der Waals surface area contributed by atoms with Crippen molar-refractivity contribution in [1.82, 2.24) is 16.0 Å². The Morgan fingerprint density at radius 3 is 1.81 bits per heavy atom. The molecule has 4 unspecified atom stereocenters. The summed E-state index contributed by atoms with van der Waals surface area (Å²) >= 11 is 1.44. The molecule has 4 atom stereocenters. The molecule has 0 fully saturated rings. The third kappa shape index (κ3) is 12.2. The van der Waals surface area contributed by atoms with Crippen LogP contribution in [0.1, 0.15) is 46.5 Å². The summed E-state index contributed by atoms with van der Waals surface area (Å²) in [7, 11) is 0.